The molecule has 0 aliphatic carbocycles. The summed E-state index contributed by atoms with van der Waals surface area (Å²) in [6.07, 6.45) is 0.220. The lowest BCUT2D eigenvalue weighted by Crippen LogP contribution is -2.37. The minimum Gasteiger partial charge on any atom is -0.454 e. The van der Waals surface area contributed by atoms with E-state index < -0.39 is 0 Å². The molecule has 136 valence electrons. The molecule has 3 amide bonds. The number of para-hydroxylation sites is 1. The Kier molecular flexibility index (Phi) is 5.92. The Labute approximate surface area is 151 Å². The fraction of sp³-hybridized carbons (Fsp3) is 0.263. The second kappa shape index (κ2) is 8.75. The molecule has 0 saturated carbocycles. The lowest BCUT2D eigenvalue weighted by molar-refractivity contribution is -0.121. The molecule has 0 radical (unpaired) electrons. The zero-order valence-corrected chi connectivity index (χ0v) is 14.3. The first-order valence-electron chi connectivity index (χ1n) is 8.42. The molecule has 7 nitrogen and oxygen atoms in total. The van der Waals surface area contributed by atoms with E-state index in [-0.39, 0.29) is 31.7 Å². The van der Waals surface area contributed by atoms with Crippen LogP contribution in [0.3, 0.4) is 0 Å². The highest BCUT2D eigenvalue weighted by Crippen LogP contribution is 2.35. The number of rotatable bonds is 7. The largest absolute Gasteiger partial charge is 0.454 e. The van der Waals surface area contributed by atoms with Crippen molar-refractivity contribution in [1.82, 2.24) is 16.0 Å². The molecule has 7 heteroatoms. The first-order chi connectivity index (χ1) is 12.7. The minimum atomic E-state index is -0.336. The van der Waals surface area contributed by atoms with Crippen LogP contribution < -0.4 is 25.4 Å². The van der Waals surface area contributed by atoms with Crippen LogP contribution >= 0.6 is 0 Å². The van der Waals surface area contributed by atoms with Gasteiger partial charge in [0.2, 0.25) is 12.7 Å². The Hall–Kier alpha value is -3.22. The fourth-order valence-corrected chi connectivity index (χ4v) is 2.54. The minimum absolute atomic E-state index is 0.111. The number of nitrogens with one attached hydrogen (secondary N) is 3. The molecule has 0 bridgehead atoms. The van der Waals surface area contributed by atoms with Gasteiger partial charge in [-0.3, -0.25) is 4.79 Å². The number of amides is 3. The Bertz CT molecular complexity index is 765. The van der Waals surface area contributed by atoms with E-state index in [4.69, 9.17) is 9.47 Å². The molecule has 0 aromatic heterocycles. The van der Waals surface area contributed by atoms with Gasteiger partial charge in [0.1, 0.15) is 0 Å². The van der Waals surface area contributed by atoms with E-state index in [1.165, 1.54) is 0 Å². The molecule has 0 spiro atoms. The number of ether oxygens (including phenoxy) is 2. The van der Waals surface area contributed by atoms with Crippen molar-refractivity contribution < 1.29 is 19.1 Å². The van der Waals surface area contributed by atoms with E-state index in [1.807, 2.05) is 48.5 Å². The molecule has 26 heavy (non-hydrogen) atoms. The van der Waals surface area contributed by atoms with Crippen molar-refractivity contribution in [2.24, 2.45) is 0 Å². The standard InChI is InChI=1S/C19H21N3O4/c23-17(21-11-14-5-2-1-3-6-14)9-10-20-19(24)22-12-15-7-4-8-16-18(15)26-13-25-16/h1-8H,9-13H2,(H,21,23)(H2,20,22,24). The van der Waals surface area contributed by atoms with Gasteiger partial charge in [-0.15, -0.1) is 0 Å². The van der Waals surface area contributed by atoms with Crippen molar-refractivity contribution in [3.8, 4) is 11.5 Å². The molecule has 2 aromatic carbocycles. The van der Waals surface area contributed by atoms with Gasteiger partial charge in [-0.2, -0.15) is 0 Å². The second-order valence-corrected chi connectivity index (χ2v) is 5.77. The van der Waals surface area contributed by atoms with Crippen molar-refractivity contribution >= 4 is 11.9 Å². The summed E-state index contributed by atoms with van der Waals surface area (Å²) in [6, 6.07) is 14.9. The number of carbonyl (C=O) groups excluding carboxylic acids is 2. The highest BCUT2D eigenvalue weighted by molar-refractivity contribution is 5.78. The highest BCUT2D eigenvalue weighted by Gasteiger charge is 2.17. The molecule has 1 aliphatic heterocycles. The van der Waals surface area contributed by atoms with Crippen molar-refractivity contribution in [1.29, 1.82) is 0 Å². The Morgan fingerprint density at radius 2 is 1.73 bits per heavy atom. The Morgan fingerprint density at radius 1 is 0.885 bits per heavy atom. The lowest BCUT2D eigenvalue weighted by Gasteiger charge is -2.09. The molecular formula is C19H21N3O4. The van der Waals surface area contributed by atoms with E-state index in [1.54, 1.807) is 0 Å². The summed E-state index contributed by atoms with van der Waals surface area (Å²) in [5.74, 6) is 1.23. The van der Waals surface area contributed by atoms with Gasteiger partial charge in [0.05, 0.1) is 0 Å². The summed E-state index contributed by atoms with van der Waals surface area (Å²) in [7, 11) is 0. The quantitative estimate of drug-likeness (QED) is 0.708. The maximum Gasteiger partial charge on any atom is 0.315 e. The third-order valence-electron chi connectivity index (χ3n) is 3.89. The van der Waals surface area contributed by atoms with Crippen LogP contribution in [0, 0.1) is 0 Å². The van der Waals surface area contributed by atoms with Gasteiger partial charge < -0.3 is 25.4 Å². The second-order valence-electron chi connectivity index (χ2n) is 5.77. The van der Waals surface area contributed by atoms with Crippen LogP contribution in [0.4, 0.5) is 4.79 Å². The van der Waals surface area contributed by atoms with E-state index in [2.05, 4.69) is 16.0 Å². The number of hydrogen-bond donors (Lipinski definition) is 3. The van der Waals surface area contributed by atoms with Crippen molar-refractivity contribution in [2.45, 2.75) is 19.5 Å². The summed E-state index contributed by atoms with van der Waals surface area (Å²) in [5, 5.41) is 8.23. The first-order valence-corrected chi connectivity index (χ1v) is 8.42. The molecule has 0 unspecified atom stereocenters. The van der Waals surface area contributed by atoms with Crippen LogP contribution in [0.25, 0.3) is 0 Å². The van der Waals surface area contributed by atoms with Gasteiger partial charge in [0.15, 0.2) is 11.5 Å². The van der Waals surface area contributed by atoms with Crippen LogP contribution in [0.1, 0.15) is 17.5 Å². The molecule has 1 aliphatic rings. The number of hydrogen-bond acceptors (Lipinski definition) is 4. The molecule has 3 rings (SSSR count). The topological polar surface area (TPSA) is 88.7 Å². The van der Waals surface area contributed by atoms with Crippen LogP contribution in [0.5, 0.6) is 11.5 Å². The van der Waals surface area contributed by atoms with Gasteiger partial charge in [0, 0.05) is 31.6 Å². The monoisotopic (exact) mass is 355 g/mol. The Balaban J connectivity index is 1.33. The van der Waals surface area contributed by atoms with E-state index in [0.717, 1.165) is 11.1 Å². The molecule has 3 N–H and O–H groups in total. The summed E-state index contributed by atoms with van der Waals surface area (Å²) in [6.45, 7) is 1.25. The normalized spacial score (nSPS) is 11.7. The Morgan fingerprint density at radius 3 is 2.58 bits per heavy atom. The zero-order chi connectivity index (χ0) is 18.2. The SMILES string of the molecule is O=C(CCNC(=O)NCc1cccc2c1OCO2)NCc1ccccc1. The third kappa shape index (κ3) is 4.89. The average molecular weight is 355 g/mol. The smallest absolute Gasteiger partial charge is 0.315 e. The van der Waals surface area contributed by atoms with Gasteiger partial charge >= 0.3 is 6.03 Å². The van der Waals surface area contributed by atoms with Gasteiger partial charge in [0.25, 0.3) is 0 Å². The number of carbonyl (C=O) groups is 2. The van der Waals surface area contributed by atoms with E-state index in [9.17, 15) is 9.59 Å². The predicted octanol–water partition coefficient (Wildman–Crippen LogP) is 1.92. The number of benzene rings is 2. The summed E-state index contributed by atoms with van der Waals surface area (Å²) < 4.78 is 10.7. The molecule has 1 heterocycles. The highest BCUT2D eigenvalue weighted by atomic mass is 16.7. The fourth-order valence-electron chi connectivity index (χ4n) is 2.54. The zero-order valence-electron chi connectivity index (χ0n) is 14.3. The molecular weight excluding hydrogens is 334 g/mol. The molecule has 0 atom stereocenters. The molecule has 0 fully saturated rings. The molecule has 0 saturated heterocycles. The number of urea groups is 1. The van der Waals surface area contributed by atoms with Crippen LogP contribution in [-0.4, -0.2) is 25.3 Å². The van der Waals surface area contributed by atoms with Crippen molar-refractivity contribution in [3.05, 3.63) is 59.7 Å². The summed E-state index contributed by atoms with van der Waals surface area (Å²) in [5.41, 5.74) is 1.88. The van der Waals surface area contributed by atoms with E-state index >= 15 is 0 Å². The average Bonchev–Trinajstić information content (AvgIpc) is 3.15. The predicted molar refractivity (Wildman–Crippen MR) is 95.7 cm³/mol. The maximum absolute atomic E-state index is 11.9. The maximum atomic E-state index is 11.9. The lowest BCUT2D eigenvalue weighted by atomic mass is 10.2. The van der Waals surface area contributed by atoms with Crippen molar-refractivity contribution in [2.75, 3.05) is 13.3 Å². The van der Waals surface area contributed by atoms with Crippen LogP contribution in [-0.2, 0) is 17.9 Å². The summed E-state index contributed by atoms with van der Waals surface area (Å²) >= 11 is 0. The van der Waals surface area contributed by atoms with Gasteiger partial charge in [-0.25, -0.2) is 4.79 Å². The van der Waals surface area contributed by atoms with Crippen molar-refractivity contribution in [3.63, 3.8) is 0 Å². The number of fused-ring (bicyclic) bond motifs is 1. The van der Waals surface area contributed by atoms with Gasteiger partial charge in [-0.1, -0.05) is 42.5 Å². The van der Waals surface area contributed by atoms with Crippen LogP contribution in [0.2, 0.25) is 0 Å². The van der Waals surface area contributed by atoms with Gasteiger partial charge in [-0.05, 0) is 11.6 Å². The van der Waals surface area contributed by atoms with E-state index in [0.29, 0.717) is 24.6 Å². The molecule has 2 aromatic rings. The summed E-state index contributed by atoms with van der Waals surface area (Å²) in [4.78, 5) is 23.6. The van der Waals surface area contributed by atoms with Crippen LogP contribution in [0.15, 0.2) is 48.5 Å². The third-order valence-corrected chi connectivity index (χ3v) is 3.89. The first kappa shape index (κ1) is 17.6.